The van der Waals surface area contributed by atoms with Crippen molar-refractivity contribution in [3.8, 4) is 5.75 Å². The van der Waals surface area contributed by atoms with Gasteiger partial charge >= 0.3 is 13.2 Å². The Bertz CT molecular complexity index is 754. The molecule has 1 aliphatic heterocycles. The molecule has 9 nitrogen and oxygen atoms in total. The monoisotopic (exact) mass is 450 g/mol. The maximum Gasteiger partial charge on any atom is 0.481 e. The first-order chi connectivity index (χ1) is 15.0. The molecule has 3 N–H and O–H groups in total. The minimum atomic E-state index is -1.30. The van der Waals surface area contributed by atoms with Gasteiger partial charge in [-0.2, -0.15) is 0 Å². The average Bonchev–Trinajstić information content (AvgIpc) is 2.94. The van der Waals surface area contributed by atoms with Crippen LogP contribution < -0.4 is 15.4 Å². The van der Waals surface area contributed by atoms with Gasteiger partial charge in [-0.15, -0.1) is 0 Å². The normalized spacial score (nSPS) is 18.6. The minimum Gasteiger partial charge on any atom is -0.497 e. The van der Waals surface area contributed by atoms with Crippen LogP contribution in [0.25, 0.3) is 0 Å². The highest BCUT2D eigenvalue weighted by Gasteiger charge is 2.54. The lowest BCUT2D eigenvalue weighted by atomic mass is 9.75. The Labute approximate surface area is 190 Å². The van der Waals surface area contributed by atoms with Gasteiger partial charge in [0.25, 0.3) is 0 Å². The molecular weight excluding hydrogens is 415 g/mol. The van der Waals surface area contributed by atoms with Crippen molar-refractivity contribution < 1.29 is 33.5 Å². The van der Waals surface area contributed by atoms with Crippen molar-refractivity contribution in [3.05, 3.63) is 29.8 Å². The van der Waals surface area contributed by atoms with E-state index in [2.05, 4.69) is 10.6 Å². The van der Waals surface area contributed by atoms with Gasteiger partial charge in [-0.1, -0.05) is 12.1 Å². The molecule has 1 unspecified atom stereocenters. The Morgan fingerprint density at radius 1 is 1.06 bits per heavy atom. The molecule has 0 spiro atoms. The molecule has 1 heterocycles. The maximum atomic E-state index is 12.8. The molecule has 178 valence electrons. The molecule has 0 saturated carbocycles. The second kappa shape index (κ2) is 11.0. The van der Waals surface area contributed by atoms with E-state index in [1.54, 1.807) is 7.11 Å². The standard InChI is InChI=1S/C22H35BN2O7/c1-21(2)22(3,4)32-23(31-21)18(25-19(26)17(14-29-5)24-20(27)28)9-7-8-15-10-12-16(30-6)13-11-15/h10-13,17-18,24H,7-9,14H2,1-6H3,(H,25,26)(H,27,28)/t17?,18-/m0/s1. The molecule has 32 heavy (non-hydrogen) atoms. The Morgan fingerprint density at radius 3 is 2.16 bits per heavy atom. The number of hydrogen-bond acceptors (Lipinski definition) is 6. The zero-order chi connectivity index (χ0) is 23.9. The Kier molecular flexibility index (Phi) is 8.94. The largest absolute Gasteiger partial charge is 0.497 e. The van der Waals surface area contributed by atoms with Crippen LogP contribution in [-0.2, 0) is 25.3 Å². The number of aryl methyl sites for hydroxylation is 1. The molecule has 0 aliphatic carbocycles. The summed E-state index contributed by atoms with van der Waals surface area (Å²) in [6.07, 6.45) is 0.850. The van der Waals surface area contributed by atoms with Gasteiger partial charge in [-0.05, 0) is 64.7 Å². The van der Waals surface area contributed by atoms with Crippen LogP contribution in [0, 0.1) is 0 Å². The van der Waals surface area contributed by atoms with E-state index in [-0.39, 0.29) is 6.61 Å². The highest BCUT2D eigenvalue weighted by molar-refractivity contribution is 6.48. The van der Waals surface area contributed by atoms with E-state index in [4.69, 9.17) is 23.9 Å². The van der Waals surface area contributed by atoms with Gasteiger partial charge in [0, 0.05) is 7.11 Å². The summed E-state index contributed by atoms with van der Waals surface area (Å²) in [5, 5.41) is 14.1. The molecule has 0 bridgehead atoms. The summed E-state index contributed by atoms with van der Waals surface area (Å²) in [6.45, 7) is 7.71. The summed E-state index contributed by atoms with van der Waals surface area (Å²) < 4.78 is 22.5. The summed E-state index contributed by atoms with van der Waals surface area (Å²) in [5.74, 6) is -0.151. The molecule has 1 aliphatic rings. The highest BCUT2D eigenvalue weighted by atomic mass is 16.7. The van der Waals surface area contributed by atoms with E-state index in [9.17, 15) is 9.59 Å². The average molecular weight is 450 g/mol. The van der Waals surface area contributed by atoms with Gasteiger partial charge < -0.3 is 34.5 Å². The van der Waals surface area contributed by atoms with Crippen LogP contribution in [0.4, 0.5) is 4.79 Å². The van der Waals surface area contributed by atoms with Crippen LogP contribution in [0.3, 0.4) is 0 Å². The van der Waals surface area contributed by atoms with Crippen LogP contribution in [0.5, 0.6) is 5.75 Å². The first kappa shape index (κ1) is 26.0. The van der Waals surface area contributed by atoms with Crippen LogP contribution in [0.2, 0.25) is 0 Å². The van der Waals surface area contributed by atoms with Crippen LogP contribution in [0.15, 0.2) is 24.3 Å². The predicted octanol–water partition coefficient (Wildman–Crippen LogP) is 2.42. The number of carbonyl (C=O) groups excluding carboxylic acids is 1. The SMILES string of the molecule is COCC(NC(=O)O)C(=O)N[C@@H](CCCc1ccc(OC)cc1)B1OC(C)(C)C(C)(C)O1. The lowest BCUT2D eigenvalue weighted by Crippen LogP contribution is -2.55. The van der Waals surface area contributed by atoms with E-state index in [0.717, 1.165) is 24.2 Å². The molecule has 0 radical (unpaired) electrons. The van der Waals surface area contributed by atoms with E-state index in [0.29, 0.717) is 6.42 Å². The summed E-state index contributed by atoms with van der Waals surface area (Å²) in [6, 6.07) is 6.80. The molecule has 2 atom stereocenters. The zero-order valence-corrected chi connectivity index (χ0v) is 19.8. The fraction of sp³-hybridized carbons (Fsp3) is 0.636. The number of amides is 2. The van der Waals surface area contributed by atoms with Gasteiger partial charge in [0.1, 0.15) is 11.8 Å². The van der Waals surface area contributed by atoms with Crippen molar-refractivity contribution in [2.24, 2.45) is 0 Å². The van der Waals surface area contributed by atoms with Gasteiger partial charge in [0.05, 0.1) is 30.9 Å². The number of rotatable bonds is 11. The van der Waals surface area contributed by atoms with Crippen molar-refractivity contribution in [1.29, 1.82) is 0 Å². The van der Waals surface area contributed by atoms with Crippen LogP contribution in [0.1, 0.15) is 46.1 Å². The van der Waals surface area contributed by atoms with Crippen molar-refractivity contribution in [1.82, 2.24) is 10.6 Å². The molecule has 2 amide bonds. The molecule has 0 aromatic heterocycles. The van der Waals surface area contributed by atoms with Gasteiger partial charge in [0.2, 0.25) is 5.91 Å². The number of hydrogen-bond donors (Lipinski definition) is 3. The van der Waals surface area contributed by atoms with E-state index < -0.39 is 42.3 Å². The third-order valence-corrected chi connectivity index (χ3v) is 6.01. The van der Waals surface area contributed by atoms with Gasteiger partial charge in [0.15, 0.2) is 0 Å². The van der Waals surface area contributed by atoms with Gasteiger partial charge in [-0.3, -0.25) is 4.79 Å². The number of nitrogens with one attached hydrogen (secondary N) is 2. The number of methoxy groups -OCH3 is 2. The zero-order valence-electron chi connectivity index (χ0n) is 19.8. The number of carboxylic acid groups (broad SMARTS) is 1. The molecule has 1 aromatic rings. The molecule has 2 rings (SSSR count). The topological polar surface area (TPSA) is 115 Å². The highest BCUT2D eigenvalue weighted by Crippen LogP contribution is 2.38. The second-order valence-corrected chi connectivity index (χ2v) is 8.94. The fourth-order valence-electron chi connectivity index (χ4n) is 3.43. The molecule has 1 fully saturated rings. The molecule has 1 aromatic carbocycles. The van der Waals surface area contributed by atoms with Crippen molar-refractivity contribution >= 4 is 19.1 Å². The first-order valence-corrected chi connectivity index (χ1v) is 10.8. The number of carbonyl (C=O) groups is 2. The quantitative estimate of drug-likeness (QED) is 0.444. The number of ether oxygens (including phenoxy) is 2. The maximum absolute atomic E-state index is 12.8. The van der Waals surface area contributed by atoms with E-state index in [1.165, 1.54) is 7.11 Å². The molecule has 1 saturated heterocycles. The Morgan fingerprint density at radius 2 is 1.66 bits per heavy atom. The van der Waals surface area contributed by atoms with Crippen molar-refractivity contribution in [2.45, 2.75) is 70.1 Å². The number of benzene rings is 1. The van der Waals surface area contributed by atoms with Crippen LogP contribution >= 0.6 is 0 Å². The van der Waals surface area contributed by atoms with E-state index >= 15 is 0 Å². The molecule has 10 heteroatoms. The summed E-state index contributed by atoms with van der Waals surface area (Å²) in [7, 11) is 2.38. The predicted molar refractivity (Wildman–Crippen MR) is 121 cm³/mol. The third kappa shape index (κ3) is 6.85. The fourth-order valence-corrected chi connectivity index (χ4v) is 3.43. The first-order valence-electron chi connectivity index (χ1n) is 10.8. The summed E-state index contributed by atoms with van der Waals surface area (Å²) in [4.78, 5) is 23.9. The van der Waals surface area contributed by atoms with Gasteiger partial charge in [-0.25, -0.2) is 4.79 Å². The van der Waals surface area contributed by atoms with Crippen LogP contribution in [-0.4, -0.2) is 68.2 Å². The lowest BCUT2D eigenvalue weighted by molar-refractivity contribution is -0.124. The Hall–Kier alpha value is -2.30. The van der Waals surface area contributed by atoms with E-state index in [1.807, 2.05) is 52.0 Å². The van der Waals surface area contributed by atoms with Crippen molar-refractivity contribution in [3.63, 3.8) is 0 Å². The lowest BCUT2D eigenvalue weighted by Gasteiger charge is -2.32. The molecular formula is C22H35BN2O7. The third-order valence-electron chi connectivity index (χ3n) is 6.01. The smallest absolute Gasteiger partial charge is 0.481 e. The Balaban J connectivity index is 2.09. The van der Waals surface area contributed by atoms with Crippen molar-refractivity contribution in [2.75, 3.05) is 20.8 Å². The summed E-state index contributed by atoms with van der Waals surface area (Å²) >= 11 is 0. The second-order valence-electron chi connectivity index (χ2n) is 8.94. The summed E-state index contributed by atoms with van der Waals surface area (Å²) in [5.41, 5.74) is 0.0404. The minimum absolute atomic E-state index is 0.0833.